The van der Waals surface area contributed by atoms with Crippen LogP contribution in [0.5, 0.6) is 0 Å². The van der Waals surface area contributed by atoms with E-state index in [0.29, 0.717) is 4.91 Å². The molecule has 0 radical (unpaired) electrons. The van der Waals surface area contributed by atoms with E-state index in [1.54, 1.807) is 6.08 Å². The lowest BCUT2D eigenvalue weighted by molar-refractivity contribution is -0.149. The Morgan fingerprint density at radius 3 is 2.38 bits per heavy atom. The van der Waals surface area contributed by atoms with Crippen LogP contribution in [0.15, 0.2) is 57.6 Å². The van der Waals surface area contributed by atoms with Gasteiger partial charge in [-0.1, -0.05) is 41.0 Å². The summed E-state index contributed by atoms with van der Waals surface area (Å²) in [5.41, 5.74) is 2.43. The molecule has 0 amide bonds. The third-order valence-corrected chi connectivity index (χ3v) is 5.18. The molecule has 1 unspecified atom stereocenters. The van der Waals surface area contributed by atoms with E-state index in [0.717, 1.165) is 31.3 Å². The van der Waals surface area contributed by atoms with Crippen molar-refractivity contribution in [3.8, 4) is 0 Å². The van der Waals surface area contributed by atoms with E-state index in [1.807, 2.05) is 13.0 Å². The fourth-order valence-corrected chi connectivity index (χ4v) is 3.19. The molecule has 1 rings (SSSR count). The molecular formula is C24H35FO3S. The second-order valence-electron chi connectivity index (χ2n) is 7.89. The predicted molar refractivity (Wildman–Crippen MR) is 122 cm³/mol. The molecule has 0 saturated heterocycles. The number of halogens is 1. The first kappa shape index (κ1) is 25.4. The van der Waals surface area contributed by atoms with E-state index < -0.39 is 11.6 Å². The van der Waals surface area contributed by atoms with Crippen molar-refractivity contribution in [2.75, 3.05) is 13.9 Å². The molecule has 0 aromatic rings. The predicted octanol–water partition coefficient (Wildman–Crippen LogP) is 6.79. The summed E-state index contributed by atoms with van der Waals surface area (Å²) < 4.78 is 24.9. The minimum atomic E-state index is -1.61. The average Bonchev–Trinajstić information content (AvgIpc) is 2.66. The third-order valence-electron chi connectivity index (χ3n) is 4.75. The fraction of sp³-hybridized carbons (Fsp3) is 0.542. The van der Waals surface area contributed by atoms with Gasteiger partial charge in [-0.3, -0.25) is 0 Å². The Balaban J connectivity index is 2.60. The first-order valence-corrected chi connectivity index (χ1v) is 10.5. The summed E-state index contributed by atoms with van der Waals surface area (Å²) in [6, 6.07) is 0. The van der Waals surface area contributed by atoms with Gasteiger partial charge in [-0.2, -0.15) is 0 Å². The molecular weight excluding hydrogens is 387 g/mol. The fourth-order valence-electron chi connectivity index (χ4n) is 2.95. The molecule has 1 atom stereocenters. The van der Waals surface area contributed by atoms with E-state index >= 15 is 4.39 Å². The van der Waals surface area contributed by atoms with E-state index in [4.69, 9.17) is 9.47 Å². The van der Waals surface area contributed by atoms with Crippen LogP contribution in [0, 0.1) is 0 Å². The zero-order valence-electron chi connectivity index (χ0n) is 18.4. The molecule has 0 fully saturated rings. The van der Waals surface area contributed by atoms with Crippen molar-refractivity contribution in [2.45, 2.75) is 71.9 Å². The van der Waals surface area contributed by atoms with Crippen LogP contribution in [-0.4, -0.2) is 25.5 Å². The molecule has 162 valence electrons. The van der Waals surface area contributed by atoms with Gasteiger partial charge in [-0.15, -0.1) is 12.6 Å². The Labute approximate surface area is 180 Å². The van der Waals surface area contributed by atoms with Crippen LogP contribution in [-0.2, 0) is 14.3 Å². The zero-order chi connectivity index (χ0) is 21.9. The van der Waals surface area contributed by atoms with Crippen LogP contribution in [0.3, 0.4) is 0 Å². The molecule has 1 aliphatic rings. The molecule has 0 aliphatic heterocycles. The van der Waals surface area contributed by atoms with Crippen molar-refractivity contribution in [3.63, 3.8) is 0 Å². The van der Waals surface area contributed by atoms with Crippen LogP contribution in [0.1, 0.15) is 66.2 Å². The first-order chi connectivity index (χ1) is 13.7. The number of alkyl halides is 1. The van der Waals surface area contributed by atoms with Crippen LogP contribution in [0.2, 0.25) is 0 Å². The van der Waals surface area contributed by atoms with E-state index in [9.17, 15) is 4.79 Å². The summed E-state index contributed by atoms with van der Waals surface area (Å²) in [7, 11) is 1.42. The maximum Gasteiger partial charge on any atom is 0.341 e. The zero-order valence-corrected chi connectivity index (χ0v) is 19.3. The number of hydrogen-bond donors (Lipinski definition) is 1. The van der Waals surface area contributed by atoms with Gasteiger partial charge in [0.05, 0.1) is 5.57 Å². The average molecular weight is 423 g/mol. The Hall–Kier alpha value is -1.59. The number of hydrogen-bond acceptors (Lipinski definition) is 4. The molecule has 5 heteroatoms. The monoisotopic (exact) mass is 422 g/mol. The number of carbonyl (C=O) groups is 1. The summed E-state index contributed by atoms with van der Waals surface area (Å²) in [4.78, 5) is 12.5. The highest BCUT2D eigenvalue weighted by Crippen LogP contribution is 2.35. The maximum atomic E-state index is 15.2. The van der Waals surface area contributed by atoms with Crippen LogP contribution < -0.4 is 0 Å². The standard InChI is InChI=1S/C24H35FO3S/c1-18(2)8-6-9-19(3)10-7-11-20(4)12-14-24(25)15-13-22(29)21(16-24)23(26)28-17-27-5/h8,10,12-13,16,29H,6-7,9,11,14-15,17H2,1-5H3. The largest absolute Gasteiger partial charge is 0.435 e. The lowest BCUT2D eigenvalue weighted by Gasteiger charge is -2.24. The second-order valence-corrected chi connectivity index (χ2v) is 8.37. The SMILES string of the molecule is COCOC(=O)C1=CC(F)(CC=C(C)CCC=C(C)CCC=C(C)C)CC=C1S. The highest BCUT2D eigenvalue weighted by molar-refractivity contribution is 7.84. The quantitative estimate of drug-likeness (QED) is 0.172. The summed E-state index contributed by atoms with van der Waals surface area (Å²) in [6.07, 6.45) is 13.8. The molecule has 29 heavy (non-hydrogen) atoms. The Morgan fingerprint density at radius 1 is 1.14 bits per heavy atom. The molecule has 1 aliphatic carbocycles. The maximum absolute atomic E-state index is 15.2. The number of allylic oxidation sites excluding steroid dienone is 8. The number of carbonyl (C=O) groups excluding carboxylic acids is 1. The van der Waals surface area contributed by atoms with Crippen LogP contribution in [0.25, 0.3) is 0 Å². The molecule has 0 heterocycles. The Kier molecular flexibility index (Phi) is 11.3. The molecule has 0 aromatic heterocycles. The van der Waals surface area contributed by atoms with Gasteiger partial charge in [0.15, 0.2) is 6.79 Å². The smallest absolute Gasteiger partial charge is 0.341 e. The van der Waals surface area contributed by atoms with Gasteiger partial charge in [0, 0.05) is 24.9 Å². The van der Waals surface area contributed by atoms with Gasteiger partial charge in [-0.05, 0) is 59.5 Å². The number of rotatable bonds is 11. The normalized spacial score (nSPS) is 20.1. The minimum absolute atomic E-state index is 0.153. The molecule has 0 N–H and O–H groups in total. The van der Waals surface area contributed by atoms with E-state index in [2.05, 4.69) is 45.6 Å². The Morgan fingerprint density at radius 2 is 1.76 bits per heavy atom. The van der Waals surface area contributed by atoms with E-state index in [-0.39, 0.29) is 25.2 Å². The lowest BCUT2D eigenvalue weighted by atomic mass is 9.89. The lowest BCUT2D eigenvalue weighted by Crippen LogP contribution is -2.24. The van der Waals surface area contributed by atoms with Crippen molar-refractivity contribution in [2.24, 2.45) is 0 Å². The van der Waals surface area contributed by atoms with Gasteiger partial charge in [0.1, 0.15) is 5.67 Å². The van der Waals surface area contributed by atoms with Gasteiger partial charge in [0.2, 0.25) is 0 Å². The summed E-state index contributed by atoms with van der Waals surface area (Å²) in [5, 5.41) is 0. The van der Waals surface area contributed by atoms with Crippen molar-refractivity contribution in [1.29, 1.82) is 0 Å². The third kappa shape index (κ3) is 10.1. The van der Waals surface area contributed by atoms with Crippen molar-refractivity contribution < 1.29 is 18.7 Å². The number of ether oxygens (including phenoxy) is 2. The van der Waals surface area contributed by atoms with E-state index in [1.165, 1.54) is 24.3 Å². The summed E-state index contributed by atoms with van der Waals surface area (Å²) >= 11 is 4.26. The molecule has 0 saturated carbocycles. The van der Waals surface area contributed by atoms with Crippen molar-refractivity contribution >= 4 is 18.6 Å². The molecule has 0 aromatic carbocycles. The van der Waals surface area contributed by atoms with Crippen molar-refractivity contribution in [3.05, 3.63) is 57.6 Å². The van der Waals surface area contributed by atoms with Gasteiger partial charge in [-0.25, -0.2) is 9.18 Å². The van der Waals surface area contributed by atoms with Gasteiger partial charge >= 0.3 is 5.97 Å². The Bertz CT molecular complexity index is 712. The van der Waals surface area contributed by atoms with Crippen LogP contribution >= 0.6 is 12.6 Å². The molecule has 3 nitrogen and oxygen atoms in total. The molecule has 0 bridgehead atoms. The number of esters is 1. The highest BCUT2D eigenvalue weighted by Gasteiger charge is 2.32. The summed E-state index contributed by atoms with van der Waals surface area (Å²) in [6.45, 7) is 8.24. The number of methoxy groups -OCH3 is 1. The summed E-state index contributed by atoms with van der Waals surface area (Å²) in [5.74, 6) is -0.621. The van der Waals surface area contributed by atoms with Crippen LogP contribution in [0.4, 0.5) is 4.39 Å². The van der Waals surface area contributed by atoms with Gasteiger partial charge < -0.3 is 9.47 Å². The van der Waals surface area contributed by atoms with Crippen molar-refractivity contribution in [1.82, 2.24) is 0 Å². The molecule has 0 spiro atoms. The van der Waals surface area contributed by atoms with Gasteiger partial charge in [0.25, 0.3) is 0 Å². The topological polar surface area (TPSA) is 35.5 Å². The second kappa shape index (κ2) is 12.9. The first-order valence-electron chi connectivity index (χ1n) is 10.1. The highest BCUT2D eigenvalue weighted by atomic mass is 32.1. The number of thiol groups is 1. The minimum Gasteiger partial charge on any atom is -0.435 e.